The summed E-state index contributed by atoms with van der Waals surface area (Å²) in [4.78, 5) is 5.19. The van der Waals surface area contributed by atoms with Gasteiger partial charge in [0.25, 0.3) is 0 Å². The molecule has 0 saturated heterocycles. The van der Waals surface area contributed by atoms with Crippen molar-refractivity contribution in [1.82, 2.24) is 9.78 Å². The fourth-order valence-corrected chi connectivity index (χ4v) is 2.08. The van der Waals surface area contributed by atoms with Gasteiger partial charge in [-0.2, -0.15) is 5.10 Å². The first-order valence-electron chi connectivity index (χ1n) is 4.88. The molecule has 15 heavy (non-hydrogen) atoms. The zero-order valence-corrected chi connectivity index (χ0v) is 8.69. The lowest BCUT2D eigenvalue weighted by atomic mass is 10.0. The number of hydrogen-bond acceptors (Lipinski definition) is 3. The Labute approximate surface area is 87.1 Å². The molecule has 0 radical (unpaired) electrons. The molecule has 0 bridgehead atoms. The van der Waals surface area contributed by atoms with E-state index in [1.165, 1.54) is 5.56 Å². The van der Waals surface area contributed by atoms with Gasteiger partial charge in [-0.1, -0.05) is 17.3 Å². The summed E-state index contributed by atoms with van der Waals surface area (Å²) >= 11 is 0. The van der Waals surface area contributed by atoms with Gasteiger partial charge in [0.05, 0.1) is 17.4 Å². The fourth-order valence-electron chi connectivity index (χ4n) is 2.08. The van der Waals surface area contributed by atoms with Crippen molar-refractivity contribution in [3.05, 3.63) is 29.5 Å². The van der Waals surface area contributed by atoms with Gasteiger partial charge in [-0.25, -0.2) is 0 Å². The summed E-state index contributed by atoms with van der Waals surface area (Å²) < 4.78 is 1.89. The molecule has 2 heterocycles. The summed E-state index contributed by atoms with van der Waals surface area (Å²) in [7, 11) is 1.95. The summed E-state index contributed by atoms with van der Waals surface area (Å²) in [6, 6.07) is 4.16. The van der Waals surface area contributed by atoms with Crippen molar-refractivity contribution in [1.29, 1.82) is 0 Å². The van der Waals surface area contributed by atoms with Gasteiger partial charge >= 0.3 is 0 Å². The van der Waals surface area contributed by atoms with Gasteiger partial charge < -0.3 is 4.84 Å². The number of aromatic nitrogens is 2. The summed E-state index contributed by atoms with van der Waals surface area (Å²) in [6.07, 6.45) is 1.87. The van der Waals surface area contributed by atoms with Crippen molar-refractivity contribution in [3.63, 3.8) is 0 Å². The van der Waals surface area contributed by atoms with E-state index in [0.717, 1.165) is 22.2 Å². The van der Waals surface area contributed by atoms with E-state index >= 15 is 0 Å². The third kappa shape index (κ3) is 1.08. The van der Waals surface area contributed by atoms with E-state index in [9.17, 15) is 0 Å². The second kappa shape index (κ2) is 2.82. The van der Waals surface area contributed by atoms with E-state index in [4.69, 9.17) is 4.84 Å². The Bertz CT molecular complexity index is 568. The molecule has 3 rings (SSSR count). The first-order chi connectivity index (χ1) is 7.27. The van der Waals surface area contributed by atoms with Crippen molar-refractivity contribution >= 4 is 16.6 Å². The van der Waals surface area contributed by atoms with Crippen molar-refractivity contribution in [3.8, 4) is 0 Å². The first kappa shape index (κ1) is 8.47. The monoisotopic (exact) mass is 201 g/mol. The van der Waals surface area contributed by atoms with Gasteiger partial charge in [0.1, 0.15) is 6.61 Å². The molecule has 0 fully saturated rings. The minimum atomic E-state index is 0.531. The lowest BCUT2D eigenvalue weighted by Crippen LogP contribution is -2.10. The Kier molecular flexibility index (Phi) is 1.59. The lowest BCUT2D eigenvalue weighted by Gasteiger charge is -2.15. The predicted octanol–water partition coefficient (Wildman–Crippen LogP) is 1.83. The van der Waals surface area contributed by atoms with Crippen molar-refractivity contribution < 1.29 is 4.84 Å². The molecule has 1 aliphatic rings. The maximum atomic E-state index is 5.19. The Morgan fingerprint density at radius 3 is 3.13 bits per heavy atom. The first-order valence-corrected chi connectivity index (χ1v) is 4.88. The molecule has 4 nitrogen and oxygen atoms in total. The molecule has 1 aliphatic heterocycles. The topological polar surface area (TPSA) is 39.4 Å². The molecule has 1 aromatic heterocycles. The molecule has 76 valence electrons. The number of benzene rings is 1. The molecule has 0 aliphatic carbocycles. The van der Waals surface area contributed by atoms with Gasteiger partial charge in [0.2, 0.25) is 0 Å². The standard InChI is InChI=1S/C11H11N3O/c1-7-9-4-3-8-5-12-14(2)11(8)10(9)6-15-13-7/h3-5H,6H2,1-2H3. The molecule has 4 heteroatoms. The summed E-state index contributed by atoms with van der Waals surface area (Å²) in [5.74, 6) is 0. The molecule has 0 N–H and O–H groups in total. The number of hydrogen-bond donors (Lipinski definition) is 0. The van der Waals surface area contributed by atoms with Crippen molar-refractivity contribution in [2.45, 2.75) is 13.5 Å². The second-order valence-corrected chi connectivity index (χ2v) is 3.75. The summed E-state index contributed by atoms with van der Waals surface area (Å²) in [5.41, 5.74) is 4.42. The number of aryl methyl sites for hydroxylation is 1. The molecule has 0 unspecified atom stereocenters. The van der Waals surface area contributed by atoms with Crippen LogP contribution in [0.1, 0.15) is 18.1 Å². The zero-order chi connectivity index (χ0) is 10.4. The molecular weight excluding hydrogens is 190 g/mol. The van der Waals surface area contributed by atoms with E-state index in [1.807, 2.05) is 24.9 Å². The zero-order valence-electron chi connectivity index (χ0n) is 8.69. The minimum absolute atomic E-state index is 0.531. The minimum Gasteiger partial charge on any atom is -0.391 e. The Morgan fingerprint density at radius 1 is 1.40 bits per heavy atom. The van der Waals surface area contributed by atoms with Gasteiger partial charge in [0, 0.05) is 23.6 Å². The van der Waals surface area contributed by atoms with Crippen molar-refractivity contribution in [2.24, 2.45) is 12.2 Å². The van der Waals surface area contributed by atoms with Gasteiger partial charge in [-0.3, -0.25) is 4.68 Å². The average Bonchev–Trinajstić information content (AvgIpc) is 2.61. The van der Waals surface area contributed by atoms with Crippen LogP contribution in [0, 0.1) is 0 Å². The lowest BCUT2D eigenvalue weighted by molar-refractivity contribution is 0.126. The SMILES string of the molecule is CC1=NOCc2c1ccc1cnn(C)c21. The quantitative estimate of drug-likeness (QED) is 0.652. The highest BCUT2D eigenvalue weighted by atomic mass is 16.6. The predicted molar refractivity (Wildman–Crippen MR) is 57.7 cm³/mol. The summed E-state index contributed by atoms with van der Waals surface area (Å²) in [5, 5.41) is 9.38. The van der Waals surface area contributed by atoms with E-state index in [-0.39, 0.29) is 0 Å². The van der Waals surface area contributed by atoms with E-state index in [1.54, 1.807) is 0 Å². The fraction of sp³-hybridized carbons (Fsp3) is 0.273. The number of rotatable bonds is 0. The Balaban J connectivity index is 2.43. The number of nitrogens with zero attached hydrogens (tertiary/aromatic N) is 3. The van der Waals surface area contributed by atoms with Crippen LogP contribution in [0.3, 0.4) is 0 Å². The van der Waals surface area contributed by atoms with Gasteiger partial charge in [0.15, 0.2) is 0 Å². The second-order valence-electron chi connectivity index (χ2n) is 3.75. The molecule has 2 aromatic rings. The highest BCUT2D eigenvalue weighted by molar-refractivity contribution is 6.03. The third-order valence-corrected chi connectivity index (χ3v) is 2.81. The third-order valence-electron chi connectivity index (χ3n) is 2.81. The van der Waals surface area contributed by atoms with Gasteiger partial charge in [-0.05, 0) is 6.92 Å². The van der Waals surface area contributed by atoms with Crippen LogP contribution in [0.4, 0.5) is 0 Å². The average molecular weight is 201 g/mol. The maximum Gasteiger partial charge on any atom is 0.145 e. The van der Waals surface area contributed by atoms with Crippen LogP contribution in [0.15, 0.2) is 23.5 Å². The Hall–Kier alpha value is -1.84. The highest BCUT2D eigenvalue weighted by Crippen LogP contribution is 2.25. The molecule has 0 saturated carbocycles. The van der Waals surface area contributed by atoms with Crippen LogP contribution in [0.25, 0.3) is 10.9 Å². The Morgan fingerprint density at radius 2 is 2.27 bits per heavy atom. The normalized spacial score (nSPS) is 14.7. The molecule has 0 amide bonds. The largest absolute Gasteiger partial charge is 0.391 e. The van der Waals surface area contributed by atoms with Gasteiger partial charge in [-0.15, -0.1) is 0 Å². The van der Waals surface area contributed by atoms with E-state index in [2.05, 4.69) is 22.4 Å². The van der Waals surface area contributed by atoms with Crippen LogP contribution in [-0.2, 0) is 18.5 Å². The van der Waals surface area contributed by atoms with E-state index < -0.39 is 0 Å². The van der Waals surface area contributed by atoms with Crippen LogP contribution in [0.2, 0.25) is 0 Å². The molecular formula is C11H11N3O. The molecule has 0 atom stereocenters. The highest BCUT2D eigenvalue weighted by Gasteiger charge is 2.17. The number of fused-ring (bicyclic) bond motifs is 3. The summed E-state index contributed by atoms with van der Waals surface area (Å²) in [6.45, 7) is 2.49. The number of oxime groups is 1. The van der Waals surface area contributed by atoms with Crippen LogP contribution in [0.5, 0.6) is 0 Å². The van der Waals surface area contributed by atoms with E-state index in [0.29, 0.717) is 6.61 Å². The van der Waals surface area contributed by atoms with Crippen LogP contribution in [-0.4, -0.2) is 15.5 Å². The molecule has 1 aromatic carbocycles. The van der Waals surface area contributed by atoms with Crippen LogP contribution < -0.4 is 0 Å². The molecule has 0 spiro atoms. The van der Waals surface area contributed by atoms with Crippen LogP contribution >= 0.6 is 0 Å². The van der Waals surface area contributed by atoms with Crippen molar-refractivity contribution in [2.75, 3.05) is 0 Å². The smallest absolute Gasteiger partial charge is 0.145 e. The maximum absolute atomic E-state index is 5.19.